The van der Waals surface area contributed by atoms with Crippen molar-refractivity contribution in [2.45, 2.75) is 19.4 Å². The van der Waals surface area contributed by atoms with Crippen molar-refractivity contribution in [2.75, 3.05) is 20.1 Å². The number of nitrogens with zero attached hydrogens (tertiary/aromatic N) is 4. The first-order chi connectivity index (χ1) is 8.74. The van der Waals surface area contributed by atoms with E-state index in [9.17, 15) is 0 Å². The second kappa shape index (κ2) is 4.66. The first kappa shape index (κ1) is 11.6. The van der Waals surface area contributed by atoms with Crippen LogP contribution in [0.15, 0.2) is 18.3 Å². The molecule has 0 spiro atoms. The SMILES string of the molecule is CN1CCC(Cc2nc3ccc(CN)cn3n2)C1. The van der Waals surface area contributed by atoms with Crippen molar-refractivity contribution in [1.82, 2.24) is 19.5 Å². The molecule has 0 bridgehead atoms. The molecule has 1 saturated heterocycles. The molecule has 3 heterocycles. The zero-order chi connectivity index (χ0) is 12.5. The number of likely N-dealkylation sites (tertiary alicyclic amines) is 1. The summed E-state index contributed by atoms with van der Waals surface area (Å²) in [4.78, 5) is 6.94. The van der Waals surface area contributed by atoms with Crippen molar-refractivity contribution in [3.05, 3.63) is 29.7 Å². The van der Waals surface area contributed by atoms with Gasteiger partial charge in [0.2, 0.25) is 0 Å². The number of pyridine rings is 1. The van der Waals surface area contributed by atoms with Crippen LogP contribution in [-0.4, -0.2) is 39.6 Å². The average Bonchev–Trinajstić information content (AvgIpc) is 2.94. The lowest BCUT2D eigenvalue weighted by molar-refractivity contribution is 0.392. The summed E-state index contributed by atoms with van der Waals surface area (Å²) in [5, 5.41) is 4.54. The number of rotatable bonds is 3. The molecule has 2 N–H and O–H groups in total. The lowest BCUT2D eigenvalue weighted by Crippen LogP contribution is -2.15. The summed E-state index contributed by atoms with van der Waals surface area (Å²) in [5.41, 5.74) is 7.62. The molecule has 2 aromatic rings. The zero-order valence-electron chi connectivity index (χ0n) is 10.7. The van der Waals surface area contributed by atoms with E-state index in [2.05, 4.69) is 22.0 Å². The summed E-state index contributed by atoms with van der Waals surface area (Å²) in [6.45, 7) is 2.89. The predicted molar refractivity (Wildman–Crippen MR) is 70.2 cm³/mol. The maximum absolute atomic E-state index is 5.63. The molecule has 1 atom stereocenters. The third kappa shape index (κ3) is 2.23. The van der Waals surface area contributed by atoms with Gasteiger partial charge in [-0.3, -0.25) is 0 Å². The van der Waals surface area contributed by atoms with E-state index in [-0.39, 0.29) is 0 Å². The molecule has 5 heteroatoms. The molecule has 96 valence electrons. The third-order valence-electron chi connectivity index (χ3n) is 3.63. The Morgan fingerprint density at radius 2 is 2.33 bits per heavy atom. The maximum atomic E-state index is 5.63. The summed E-state index contributed by atoms with van der Waals surface area (Å²) < 4.78 is 1.84. The molecule has 1 aliphatic heterocycles. The van der Waals surface area contributed by atoms with Crippen molar-refractivity contribution in [1.29, 1.82) is 0 Å². The van der Waals surface area contributed by atoms with Gasteiger partial charge in [0.25, 0.3) is 0 Å². The molecule has 0 aliphatic carbocycles. The lowest BCUT2D eigenvalue weighted by Gasteiger charge is -2.07. The highest BCUT2D eigenvalue weighted by molar-refractivity contribution is 5.38. The summed E-state index contributed by atoms with van der Waals surface area (Å²) in [6, 6.07) is 4.00. The van der Waals surface area contributed by atoms with Gasteiger partial charge in [-0.05, 0) is 37.6 Å². The van der Waals surface area contributed by atoms with E-state index >= 15 is 0 Å². The highest BCUT2D eigenvalue weighted by Gasteiger charge is 2.21. The first-order valence-electron chi connectivity index (χ1n) is 6.47. The molecule has 0 saturated carbocycles. The monoisotopic (exact) mass is 245 g/mol. The summed E-state index contributed by atoms with van der Waals surface area (Å²) in [7, 11) is 2.17. The van der Waals surface area contributed by atoms with Gasteiger partial charge in [-0.25, -0.2) is 9.50 Å². The number of hydrogen-bond acceptors (Lipinski definition) is 4. The Morgan fingerprint density at radius 3 is 3.06 bits per heavy atom. The molecule has 1 aliphatic rings. The van der Waals surface area contributed by atoms with Gasteiger partial charge in [-0.2, -0.15) is 5.10 Å². The topological polar surface area (TPSA) is 59.5 Å². The minimum absolute atomic E-state index is 0.540. The number of nitrogens with two attached hydrogens (primary N) is 1. The Hall–Kier alpha value is -1.46. The molecule has 0 amide bonds. The zero-order valence-corrected chi connectivity index (χ0v) is 10.7. The summed E-state index contributed by atoms with van der Waals surface area (Å²) >= 11 is 0. The Kier molecular flexibility index (Phi) is 3.01. The predicted octanol–water partition coefficient (Wildman–Crippen LogP) is 0.682. The molecule has 3 rings (SSSR count). The quantitative estimate of drug-likeness (QED) is 0.864. The number of fused-ring (bicyclic) bond motifs is 1. The van der Waals surface area contributed by atoms with Crippen LogP contribution in [0.25, 0.3) is 5.65 Å². The van der Waals surface area contributed by atoms with Crippen LogP contribution in [0.4, 0.5) is 0 Å². The van der Waals surface area contributed by atoms with E-state index in [0.717, 1.165) is 30.0 Å². The van der Waals surface area contributed by atoms with Crippen LogP contribution < -0.4 is 5.73 Å². The molecule has 0 aromatic carbocycles. The second-order valence-electron chi connectivity index (χ2n) is 5.19. The molecule has 18 heavy (non-hydrogen) atoms. The average molecular weight is 245 g/mol. The van der Waals surface area contributed by atoms with E-state index in [1.165, 1.54) is 13.0 Å². The fourth-order valence-electron chi connectivity index (χ4n) is 2.63. The fourth-order valence-corrected chi connectivity index (χ4v) is 2.63. The van der Waals surface area contributed by atoms with Crippen LogP contribution in [0.2, 0.25) is 0 Å². The smallest absolute Gasteiger partial charge is 0.155 e. The largest absolute Gasteiger partial charge is 0.326 e. The number of hydrogen-bond donors (Lipinski definition) is 1. The van der Waals surface area contributed by atoms with E-state index in [1.54, 1.807) is 0 Å². The molecular formula is C13H19N5. The van der Waals surface area contributed by atoms with Crippen LogP contribution in [0.5, 0.6) is 0 Å². The fraction of sp³-hybridized carbons (Fsp3) is 0.538. The van der Waals surface area contributed by atoms with Crippen molar-refractivity contribution < 1.29 is 0 Å². The maximum Gasteiger partial charge on any atom is 0.155 e. The Labute approximate surface area is 107 Å². The van der Waals surface area contributed by atoms with Gasteiger partial charge in [0.05, 0.1) is 0 Å². The normalized spacial score (nSPS) is 20.9. The highest BCUT2D eigenvalue weighted by atomic mass is 15.3. The number of aromatic nitrogens is 3. The molecule has 2 aromatic heterocycles. The van der Waals surface area contributed by atoms with Gasteiger partial charge in [0.1, 0.15) is 0 Å². The highest BCUT2D eigenvalue weighted by Crippen LogP contribution is 2.18. The first-order valence-corrected chi connectivity index (χ1v) is 6.47. The second-order valence-corrected chi connectivity index (χ2v) is 5.19. The Morgan fingerprint density at radius 1 is 1.44 bits per heavy atom. The van der Waals surface area contributed by atoms with E-state index in [0.29, 0.717) is 12.5 Å². The standard InChI is InChI=1S/C13H19N5/c1-17-5-4-10(8-17)6-12-15-13-3-2-11(7-14)9-18(13)16-12/h2-3,9-10H,4-8,14H2,1H3. The van der Waals surface area contributed by atoms with Gasteiger partial charge < -0.3 is 10.6 Å². The van der Waals surface area contributed by atoms with Crippen LogP contribution in [0.3, 0.4) is 0 Å². The molecule has 1 unspecified atom stereocenters. The minimum Gasteiger partial charge on any atom is -0.326 e. The minimum atomic E-state index is 0.540. The van der Waals surface area contributed by atoms with Gasteiger partial charge in [-0.1, -0.05) is 6.07 Å². The van der Waals surface area contributed by atoms with E-state index in [1.807, 2.05) is 22.8 Å². The van der Waals surface area contributed by atoms with Crippen molar-refractivity contribution >= 4 is 5.65 Å². The van der Waals surface area contributed by atoms with E-state index < -0.39 is 0 Å². The van der Waals surface area contributed by atoms with E-state index in [4.69, 9.17) is 5.73 Å². The van der Waals surface area contributed by atoms with Crippen LogP contribution >= 0.6 is 0 Å². The van der Waals surface area contributed by atoms with Crippen molar-refractivity contribution in [2.24, 2.45) is 11.7 Å². The van der Waals surface area contributed by atoms with Crippen molar-refractivity contribution in [3.63, 3.8) is 0 Å². The third-order valence-corrected chi connectivity index (χ3v) is 3.63. The van der Waals surface area contributed by atoms with Crippen molar-refractivity contribution in [3.8, 4) is 0 Å². The summed E-state index contributed by atoms with van der Waals surface area (Å²) in [6.07, 6.45) is 4.19. The molecule has 0 radical (unpaired) electrons. The van der Waals surface area contributed by atoms with Gasteiger partial charge in [-0.15, -0.1) is 0 Å². The lowest BCUT2D eigenvalue weighted by atomic mass is 10.1. The Balaban J connectivity index is 1.80. The van der Waals surface area contributed by atoms with Gasteiger partial charge in [0.15, 0.2) is 11.5 Å². The van der Waals surface area contributed by atoms with Crippen LogP contribution in [0, 0.1) is 5.92 Å². The Bertz CT molecular complexity index is 547. The molecule has 1 fully saturated rings. The molecular weight excluding hydrogens is 226 g/mol. The summed E-state index contributed by atoms with van der Waals surface area (Å²) in [5.74, 6) is 1.64. The molecule has 5 nitrogen and oxygen atoms in total. The van der Waals surface area contributed by atoms with Gasteiger partial charge in [0, 0.05) is 25.7 Å². The van der Waals surface area contributed by atoms with Gasteiger partial charge >= 0.3 is 0 Å². The van der Waals surface area contributed by atoms with Crippen LogP contribution in [-0.2, 0) is 13.0 Å². The van der Waals surface area contributed by atoms with Crippen LogP contribution in [0.1, 0.15) is 17.8 Å².